The van der Waals surface area contributed by atoms with Gasteiger partial charge < -0.3 is 20.1 Å². The SMILES string of the molecule is C#CCNC(=NCc1cc(Br)c2c(c1)OCCO2)NCC.I. The maximum Gasteiger partial charge on any atom is 0.192 e. The van der Waals surface area contributed by atoms with E-state index < -0.39 is 0 Å². The molecule has 1 aliphatic rings. The van der Waals surface area contributed by atoms with Gasteiger partial charge in [-0.15, -0.1) is 30.4 Å². The van der Waals surface area contributed by atoms with Crippen LogP contribution in [0, 0.1) is 12.3 Å². The quantitative estimate of drug-likeness (QED) is 0.301. The summed E-state index contributed by atoms with van der Waals surface area (Å²) >= 11 is 3.50. The Kier molecular flexibility index (Phi) is 8.42. The minimum absolute atomic E-state index is 0. The summed E-state index contributed by atoms with van der Waals surface area (Å²) in [5.74, 6) is 4.73. The fourth-order valence-electron chi connectivity index (χ4n) is 1.90. The largest absolute Gasteiger partial charge is 0.486 e. The number of benzene rings is 1. The standard InChI is InChI=1S/C15H18BrN3O2.HI/c1-3-5-18-15(17-4-2)19-10-11-8-12(16)14-13(9-11)20-6-7-21-14;/h1,8-9H,4-7,10H2,2H3,(H2,17,18,19);1H. The molecule has 7 heteroatoms. The van der Waals surface area contributed by atoms with Gasteiger partial charge >= 0.3 is 0 Å². The zero-order chi connectivity index (χ0) is 15.1. The topological polar surface area (TPSA) is 54.9 Å². The van der Waals surface area contributed by atoms with Crippen molar-refractivity contribution in [3.05, 3.63) is 22.2 Å². The number of nitrogens with one attached hydrogen (secondary N) is 2. The average molecular weight is 480 g/mol. The van der Waals surface area contributed by atoms with E-state index in [0.717, 1.165) is 28.1 Å². The lowest BCUT2D eigenvalue weighted by molar-refractivity contribution is 0.170. The number of aliphatic imine (C=N–C) groups is 1. The minimum Gasteiger partial charge on any atom is -0.486 e. The second-order valence-electron chi connectivity index (χ2n) is 4.35. The number of fused-ring (bicyclic) bond motifs is 1. The molecule has 1 heterocycles. The second-order valence-corrected chi connectivity index (χ2v) is 5.21. The summed E-state index contributed by atoms with van der Waals surface area (Å²) in [7, 11) is 0. The van der Waals surface area contributed by atoms with Gasteiger partial charge in [0.05, 0.1) is 17.6 Å². The lowest BCUT2D eigenvalue weighted by Crippen LogP contribution is -2.37. The molecule has 0 saturated carbocycles. The molecule has 2 N–H and O–H groups in total. The Bertz CT molecular complexity index is 573. The Morgan fingerprint density at radius 1 is 1.36 bits per heavy atom. The maximum atomic E-state index is 5.60. The van der Waals surface area contributed by atoms with Crippen LogP contribution in [0.4, 0.5) is 0 Å². The van der Waals surface area contributed by atoms with Gasteiger partial charge in [-0.2, -0.15) is 0 Å². The van der Waals surface area contributed by atoms with Crippen molar-refractivity contribution in [3.8, 4) is 23.8 Å². The van der Waals surface area contributed by atoms with Gasteiger partial charge in [0.25, 0.3) is 0 Å². The van der Waals surface area contributed by atoms with Crippen LogP contribution in [0.2, 0.25) is 0 Å². The third-order valence-electron chi connectivity index (χ3n) is 2.78. The number of guanidine groups is 1. The fraction of sp³-hybridized carbons (Fsp3) is 0.400. The zero-order valence-corrected chi connectivity index (χ0v) is 16.2. The van der Waals surface area contributed by atoms with E-state index in [2.05, 4.69) is 37.5 Å². The molecule has 0 bridgehead atoms. The predicted octanol–water partition coefficient (Wildman–Crippen LogP) is 2.53. The van der Waals surface area contributed by atoms with E-state index in [-0.39, 0.29) is 24.0 Å². The molecule has 0 aromatic heterocycles. The lowest BCUT2D eigenvalue weighted by Gasteiger charge is -2.20. The van der Waals surface area contributed by atoms with Crippen LogP contribution < -0.4 is 20.1 Å². The van der Waals surface area contributed by atoms with Crippen LogP contribution in [0.25, 0.3) is 0 Å². The molecule has 0 saturated heterocycles. The summed E-state index contributed by atoms with van der Waals surface area (Å²) in [5.41, 5.74) is 1.03. The first-order chi connectivity index (χ1) is 10.2. The van der Waals surface area contributed by atoms with Crippen LogP contribution in [0.5, 0.6) is 11.5 Å². The third kappa shape index (κ3) is 5.25. The molecule has 120 valence electrons. The summed E-state index contributed by atoms with van der Waals surface area (Å²) in [6.45, 7) is 4.89. The molecule has 0 spiro atoms. The molecule has 2 rings (SSSR count). The van der Waals surface area contributed by atoms with E-state index in [1.807, 2.05) is 19.1 Å². The van der Waals surface area contributed by atoms with Crippen molar-refractivity contribution in [1.82, 2.24) is 10.6 Å². The monoisotopic (exact) mass is 479 g/mol. The van der Waals surface area contributed by atoms with Gasteiger partial charge in [0.2, 0.25) is 0 Å². The highest BCUT2D eigenvalue weighted by molar-refractivity contribution is 14.0. The van der Waals surface area contributed by atoms with E-state index in [9.17, 15) is 0 Å². The summed E-state index contributed by atoms with van der Waals surface area (Å²) in [4.78, 5) is 4.49. The van der Waals surface area contributed by atoms with Crippen LogP contribution in [0.3, 0.4) is 0 Å². The van der Waals surface area contributed by atoms with Crippen molar-refractivity contribution in [3.63, 3.8) is 0 Å². The Morgan fingerprint density at radius 2 is 2.14 bits per heavy atom. The highest BCUT2D eigenvalue weighted by Gasteiger charge is 2.16. The molecule has 0 atom stereocenters. The maximum absolute atomic E-state index is 5.60. The zero-order valence-electron chi connectivity index (χ0n) is 12.3. The summed E-state index contributed by atoms with van der Waals surface area (Å²) in [6.07, 6.45) is 5.24. The van der Waals surface area contributed by atoms with Crippen molar-refractivity contribution in [2.45, 2.75) is 13.5 Å². The third-order valence-corrected chi connectivity index (χ3v) is 3.37. The number of halogens is 2. The van der Waals surface area contributed by atoms with Crippen molar-refractivity contribution in [2.24, 2.45) is 4.99 Å². The highest BCUT2D eigenvalue weighted by Crippen LogP contribution is 2.38. The molecule has 0 amide bonds. The van der Waals surface area contributed by atoms with Gasteiger partial charge in [-0.1, -0.05) is 5.92 Å². The van der Waals surface area contributed by atoms with Gasteiger partial charge in [0, 0.05) is 6.54 Å². The minimum atomic E-state index is 0. The summed E-state index contributed by atoms with van der Waals surface area (Å²) in [6, 6.07) is 3.94. The molecular formula is C15H19BrIN3O2. The molecule has 1 aliphatic heterocycles. The van der Waals surface area contributed by atoms with Crippen molar-refractivity contribution in [2.75, 3.05) is 26.3 Å². The predicted molar refractivity (Wildman–Crippen MR) is 102 cm³/mol. The Labute approximate surface area is 156 Å². The van der Waals surface area contributed by atoms with E-state index >= 15 is 0 Å². The number of rotatable bonds is 4. The molecule has 0 radical (unpaired) electrons. The number of hydrogen-bond donors (Lipinski definition) is 2. The molecule has 22 heavy (non-hydrogen) atoms. The lowest BCUT2D eigenvalue weighted by atomic mass is 10.2. The van der Waals surface area contributed by atoms with Gasteiger partial charge in [-0.05, 0) is 40.5 Å². The molecule has 0 aliphatic carbocycles. The van der Waals surface area contributed by atoms with Crippen molar-refractivity contribution < 1.29 is 9.47 Å². The second kappa shape index (κ2) is 9.79. The van der Waals surface area contributed by atoms with E-state index in [1.54, 1.807) is 0 Å². The van der Waals surface area contributed by atoms with Crippen LogP contribution in [-0.4, -0.2) is 32.3 Å². The van der Waals surface area contributed by atoms with Gasteiger partial charge in [0.1, 0.15) is 13.2 Å². The highest BCUT2D eigenvalue weighted by atomic mass is 127. The number of hydrogen-bond acceptors (Lipinski definition) is 3. The smallest absolute Gasteiger partial charge is 0.192 e. The molecule has 0 unspecified atom stereocenters. The van der Waals surface area contributed by atoms with Crippen LogP contribution in [0.1, 0.15) is 12.5 Å². The molecule has 1 aromatic carbocycles. The van der Waals surface area contributed by atoms with E-state index in [1.165, 1.54) is 0 Å². The van der Waals surface area contributed by atoms with Crippen LogP contribution >= 0.6 is 39.9 Å². The van der Waals surface area contributed by atoms with Gasteiger partial charge in [-0.25, -0.2) is 4.99 Å². The van der Waals surface area contributed by atoms with Crippen LogP contribution in [-0.2, 0) is 6.54 Å². The fourth-order valence-corrected chi connectivity index (χ4v) is 2.51. The Morgan fingerprint density at radius 3 is 2.86 bits per heavy atom. The normalized spacial score (nSPS) is 12.9. The first-order valence-electron chi connectivity index (χ1n) is 6.78. The van der Waals surface area contributed by atoms with Gasteiger partial charge in [0.15, 0.2) is 17.5 Å². The Hall–Kier alpha value is -1.14. The summed E-state index contributed by atoms with van der Waals surface area (Å²) in [5, 5.41) is 6.19. The average Bonchev–Trinajstić information content (AvgIpc) is 2.50. The number of ether oxygens (including phenoxy) is 2. The van der Waals surface area contributed by atoms with E-state index in [0.29, 0.717) is 32.3 Å². The molecule has 0 fully saturated rings. The first-order valence-corrected chi connectivity index (χ1v) is 7.57. The molecule has 5 nitrogen and oxygen atoms in total. The first kappa shape index (κ1) is 18.9. The molecule has 1 aromatic rings. The van der Waals surface area contributed by atoms with E-state index in [4.69, 9.17) is 15.9 Å². The van der Waals surface area contributed by atoms with Crippen molar-refractivity contribution >= 4 is 45.9 Å². The number of terminal acetylenes is 1. The summed E-state index contributed by atoms with van der Waals surface area (Å²) < 4.78 is 12.1. The molecular weight excluding hydrogens is 461 g/mol. The number of nitrogens with zero attached hydrogens (tertiary/aromatic N) is 1. The Balaban J connectivity index is 0.00000242. The van der Waals surface area contributed by atoms with Crippen LogP contribution in [0.15, 0.2) is 21.6 Å². The van der Waals surface area contributed by atoms with Gasteiger partial charge in [-0.3, -0.25) is 0 Å². The van der Waals surface area contributed by atoms with Crippen molar-refractivity contribution in [1.29, 1.82) is 0 Å².